The van der Waals surface area contributed by atoms with Gasteiger partial charge in [0.2, 0.25) is 0 Å². The number of rotatable bonds is 6. The normalized spacial score (nSPS) is 20.4. The Morgan fingerprint density at radius 3 is 2.33 bits per heavy atom. The van der Waals surface area contributed by atoms with Crippen molar-refractivity contribution in [2.45, 2.75) is 58.0 Å². The van der Waals surface area contributed by atoms with Crippen LogP contribution in [-0.2, 0) is 0 Å². The summed E-state index contributed by atoms with van der Waals surface area (Å²) in [4.78, 5) is 2.51. The Kier molecular flexibility index (Phi) is 6.19. The second-order valence-corrected chi connectivity index (χ2v) is 6.34. The molecule has 2 N–H and O–H groups in total. The van der Waals surface area contributed by atoms with E-state index in [1.165, 1.54) is 25.7 Å². The van der Waals surface area contributed by atoms with Crippen LogP contribution in [0.2, 0.25) is 0 Å². The smallest absolute Gasteiger partial charge is 0.123 e. The minimum absolute atomic E-state index is 0.109. The lowest BCUT2D eigenvalue weighted by Gasteiger charge is -2.40. The Morgan fingerprint density at radius 1 is 1.19 bits per heavy atom. The van der Waals surface area contributed by atoms with Crippen molar-refractivity contribution in [2.24, 2.45) is 11.7 Å². The maximum atomic E-state index is 13.2. The quantitative estimate of drug-likeness (QED) is 0.854. The highest BCUT2D eigenvalue weighted by molar-refractivity contribution is 5.22. The molecule has 1 aliphatic heterocycles. The lowest BCUT2D eigenvalue weighted by Crippen LogP contribution is -2.44. The molecule has 0 aromatic heterocycles. The minimum Gasteiger partial charge on any atom is -0.326 e. The molecule has 0 saturated carbocycles. The molecule has 2 unspecified atom stereocenters. The summed E-state index contributed by atoms with van der Waals surface area (Å²) in [6.45, 7) is 6.62. The summed E-state index contributed by atoms with van der Waals surface area (Å²) in [5.74, 6) is 0.696. The monoisotopic (exact) mass is 292 g/mol. The average molecular weight is 292 g/mol. The van der Waals surface area contributed by atoms with Crippen molar-refractivity contribution in [1.29, 1.82) is 0 Å². The minimum atomic E-state index is -0.177. The number of nitrogens with zero attached hydrogens (tertiary/aromatic N) is 1. The Labute approximate surface area is 128 Å². The molecule has 21 heavy (non-hydrogen) atoms. The van der Waals surface area contributed by atoms with Gasteiger partial charge in [0.1, 0.15) is 5.82 Å². The van der Waals surface area contributed by atoms with Gasteiger partial charge in [-0.15, -0.1) is 0 Å². The molecule has 1 aromatic carbocycles. The molecule has 2 rings (SSSR count). The van der Waals surface area contributed by atoms with E-state index in [0.717, 1.165) is 31.0 Å². The van der Waals surface area contributed by atoms with Crippen LogP contribution in [0.4, 0.5) is 4.39 Å². The number of halogens is 1. The van der Waals surface area contributed by atoms with E-state index in [-0.39, 0.29) is 17.9 Å². The Hall–Kier alpha value is -0.930. The van der Waals surface area contributed by atoms with Crippen LogP contribution in [0.3, 0.4) is 0 Å². The Morgan fingerprint density at radius 2 is 1.81 bits per heavy atom. The lowest BCUT2D eigenvalue weighted by molar-refractivity contribution is 0.111. The summed E-state index contributed by atoms with van der Waals surface area (Å²) in [7, 11) is 0. The van der Waals surface area contributed by atoms with Gasteiger partial charge in [-0.3, -0.25) is 4.90 Å². The molecule has 0 aliphatic carbocycles. The van der Waals surface area contributed by atoms with E-state index in [1.54, 1.807) is 12.1 Å². The highest BCUT2D eigenvalue weighted by Crippen LogP contribution is 2.31. The maximum absolute atomic E-state index is 13.2. The summed E-state index contributed by atoms with van der Waals surface area (Å²) < 4.78 is 13.2. The molecule has 1 saturated heterocycles. The zero-order valence-corrected chi connectivity index (χ0v) is 13.4. The molecule has 0 spiro atoms. The lowest BCUT2D eigenvalue weighted by atomic mass is 9.89. The fraction of sp³-hybridized carbons (Fsp3) is 0.667. The standard InChI is InChI=1S/C18H29FN2/c1-3-5-14-10-12-21(13-11-14)18(17(20)4-2)15-6-8-16(19)9-7-15/h6-9,14,17-18H,3-5,10-13,20H2,1-2H3. The fourth-order valence-electron chi connectivity index (χ4n) is 3.54. The van der Waals surface area contributed by atoms with Crippen molar-refractivity contribution >= 4 is 0 Å². The number of likely N-dealkylation sites (tertiary alicyclic amines) is 1. The highest BCUT2D eigenvalue weighted by Gasteiger charge is 2.29. The van der Waals surface area contributed by atoms with Gasteiger partial charge in [0, 0.05) is 12.1 Å². The second kappa shape index (κ2) is 7.90. The first-order valence-electron chi connectivity index (χ1n) is 8.40. The molecule has 0 radical (unpaired) electrons. The third kappa shape index (κ3) is 4.27. The molecule has 118 valence electrons. The van der Waals surface area contributed by atoms with Crippen molar-refractivity contribution in [3.63, 3.8) is 0 Å². The molecule has 0 bridgehead atoms. The molecule has 2 atom stereocenters. The SMILES string of the molecule is CCCC1CCN(C(c2ccc(F)cc2)C(N)CC)CC1. The topological polar surface area (TPSA) is 29.3 Å². The molecule has 1 heterocycles. The molecular weight excluding hydrogens is 263 g/mol. The molecule has 2 nitrogen and oxygen atoms in total. The highest BCUT2D eigenvalue weighted by atomic mass is 19.1. The van der Waals surface area contributed by atoms with Gasteiger partial charge < -0.3 is 5.73 Å². The zero-order valence-electron chi connectivity index (χ0n) is 13.4. The van der Waals surface area contributed by atoms with Crippen LogP contribution < -0.4 is 5.73 Å². The summed E-state index contributed by atoms with van der Waals surface area (Å²) in [6.07, 6.45) is 6.09. The van der Waals surface area contributed by atoms with Gasteiger partial charge in [0.05, 0.1) is 0 Å². The van der Waals surface area contributed by atoms with Crippen LogP contribution in [0.5, 0.6) is 0 Å². The van der Waals surface area contributed by atoms with E-state index < -0.39 is 0 Å². The number of nitrogens with two attached hydrogens (primary N) is 1. The largest absolute Gasteiger partial charge is 0.326 e. The predicted octanol–water partition coefficient (Wildman–Crippen LogP) is 4.12. The molecule has 1 aromatic rings. The zero-order chi connectivity index (χ0) is 15.2. The van der Waals surface area contributed by atoms with E-state index in [0.29, 0.717) is 0 Å². The number of benzene rings is 1. The van der Waals surface area contributed by atoms with Crippen LogP contribution in [-0.4, -0.2) is 24.0 Å². The van der Waals surface area contributed by atoms with Crippen molar-refractivity contribution in [1.82, 2.24) is 4.90 Å². The predicted molar refractivity (Wildman–Crippen MR) is 86.6 cm³/mol. The van der Waals surface area contributed by atoms with Gasteiger partial charge in [-0.2, -0.15) is 0 Å². The molecular formula is C18H29FN2. The maximum Gasteiger partial charge on any atom is 0.123 e. The van der Waals surface area contributed by atoms with Gasteiger partial charge in [-0.1, -0.05) is 38.8 Å². The van der Waals surface area contributed by atoms with E-state index in [4.69, 9.17) is 5.73 Å². The van der Waals surface area contributed by atoms with Crippen LogP contribution in [0.15, 0.2) is 24.3 Å². The van der Waals surface area contributed by atoms with Crippen molar-refractivity contribution in [3.8, 4) is 0 Å². The Balaban J connectivity index is 2.09. The van der Waals surface area contributed by atoms with Crippen LogP contribution in [0, 0.1) is 11.7 Å². The second-order valence-electron chi connectivity index (χ2n) is 6.34. The first-order chi connectivity index (χ1) is 10.2. The Bertz CT molecular complexity index is 410. The van der Waals surface area contributed by atoms with Crippen molar-refractivity contribution in [3.05, 3.63) is 35.6 Å². The first kappa shape index (κ1) is 16.4. The van der Waals surface area contributed by atoms with Crippen molar-refractivity contribution < 1.29 is 4.39 Å². The van der Waals surface area contributed by atoms with Crippen molar-refractivity contribution in [2.75, 3.05) is 13.1 Å². The average Bonchev–Trinajstić information content (AvgIpc) is 2.51. The molecule has 1 aliphatic rings. The summed E-state index contributed by atoms with van der Waals surface area (Å²) in [5, 5.41) is 0. The number of piperidine rings is 1. The van der Waals surface area contributed by atoms with Gasteiger partial charge in [-0.25, -0.2) is 4.39 Å². The third-order valence-corrected chi connectivity index (χ3v) is 4.83. The van der Waals surface area contributed by atoms with Crippen LogP contribution in [0.1, 0.15) is 57.6 Å². The van der Waals surface area contributed by atoms with E-state index in [9.17, 15) is 4.39 Å². The van der Waals surface area contributed by atoms with Gasteiger partial charge in [0.25, 0.3) is 0 Å². The van der Waals surface area contributed by atoms with E-state index in [2.05, 4.69) is 18.7 Å². The van der Waals surface area contributed by atoms with Crippen LogP contribution in [0.25, 0.3) is 0 Å². The van der Waals surface area contributed by atoms with Crippen LogP contribution >= 0.6 is 0 Å². The summed E-state index contributed by atoms with van der Waals surface area (Å²) in [6, 6.07) is 7.22. The first-order valence-corrected chi connectivity index (χ1v) is 8.40. The summed E-state index contributed by atoms with van der Waals surface area (Å²) >= 11 is 0. The number of hydrogen-bond acceptors (Lipinski definition) is 2. The van der Waals surface area contributed by atoms with Gasteiger partial charge in [-0.05, 0) is 56.0 Å². The third-order valence-electron chi connectivity index (χ3n) is 4.83. The molecule has 3 heteroatoms. The van der Waals surface area contributed by atoms with E-state index >= 15 is 0 Å². The number of hydrogen-bond donors (Lipinski definition) is 1. The van der Waals surface area contributed by atoms with E-state index in [1.807, 2.05) is 12.1 Å². The molecule has 0 amide bonds. The van der Waals surface area contributed by atoms with Gasteiger partial charge >= 0.3 is 0 Å². The summed E-state index contributed by atoms with van der Waals surface area (Å²) in [5.41, 5.74) is 7.53. The van der Waals surface area contributed by atoms with Gasteiger partial charge in [0.15, 0.2) is 0 Å². The fourth-order valence-corrected chi connectivity index (χ4v) is 3.54. The molecule has 1 fully saturated rings.